The number of alkyl halides is 3. The lowest BCUT2D eigenvalue weighted by Gasteiger charge is -2.40. The Hall–Kier alpha value is -3.93. The van der Waals surface area contributed by atoms with Gasteiger partial charge in [-0.05, 0) is 61.7 Å². The zero-order chi connectivity index (χ0) is 32.3. The van der Waals surface area contributed by atoms with Gasteiger partial charge in [-0.1, -0.05) is 66.7 Å². The van der Waals surface area contributed by atoms with E-state index in [1.807, 2.05) is 18.2 Å². The first-order valence-corrected chi connectivity index (χ1v) is 15.3. The number of nitrogens with one attached hydrogen (secondary N) is 1. The lowest BCUT2D eigenvalue weighted by Crippen LogP contribution is -2.50. The van der Waals surface area contributed by atoms with Crippen molar-refractivity contribution in [3.8, 4) is 0 Å². The molecular weight excluding hydrogens is 583 g/mol. The minimum absolute atomic E-state index is 0.0576. The van der Waals surface area contributed by atoms with Gasteiger partial charge < -0.3 is 21.1 Å². The quantitative estimate of drug-likeness (QED) is 0.312. The zero-order valence-corrected chi connectivity index (χ0v) is 25.4. The summed E-state index contributed by atoms with van der Waals surface area (Å²) in [5, 5.41) is 10.3. The molecule has 0 radical (unpaired) electrons. The van der Waals surface area contributed by atoms with Gasteiger partial charge in [-0.15, -0.1) is 0 Å². The summed E-state index contributed by atoms with van der Waals surface area (Å²) in [7, 11) is 0. The van der Waals surface area contributed by atoms with Gasteiger partial charge in [0.25, 0.3) is 0 Å². The molecule has 8 nitrogen and oxygen atoms in total. The van der Waals surface area contributed by atoms with Crippen LogP contribution >= 0.6 is 0 Å². The molecule has 5 rings (SSSR count). The van der Waals surface area contributed by atoms with Gasteiger partial charge in [-0.2, -0.15) is 13.2 Å². The number of benzene rings is 3. The maximum absolute atomic E-state index is 13.5. The number of rotatable bonds is 9. The van der Waals surface area contributed by atoms with E-state index in [2.05, 4.69) is 86.7 Å². The predicted octanol–water partition coefficient (Wildman–Crippen LogP) is 4.86. The summed E-state index contributed by atoms with van der Waals surface area (Å²) in [4.78, 5) is 29.8. The van der Waals surface area contributed by atoms with Crippen molar-refractivity contribution in [2.45, 2.75) is 32.0 Å². The molecule has 0 bridgehead atoms. The van der Waals surface area contributed by atoms with E-state index in [1.165, 1.54) is 16.8 Å². The van der Waals surface area contributed by atoms with Crippen molar-refractivity contribution >= 4 is 23.3 Å². The van der Waals surface area contributed by atoms with Gasteiger partial charge in [0, 0.05) is 57.2 Å². The number of amides is 1. The molecular formula is C34H42F3N5O3. The number of piperidine rings is 1. The topological polar surface area (TPSA) is 102 Å². The van der Waals surface area contributed by atoms with Crippen LogP contribution in [0.2, 0.25) is 0 Å². The Morgan fingerprint density at radius 1 is 0.800 bits per heavy atom. The number of nitrogens with two attached hydrogens (primary N) is 1. The lowest BCUT2D eigenvalue weighted by molar-refractivity contribution is -0.192. The van der Waals surface area contributed by atoms with Gasteiger partial charge in [-0.25, -0.2) is 4.79 Å². The van der Waals surface area contributed by atoms with Crippen molar-refractivity contribution in [2.24, 2.45) is 11.1 Å². The maximum Gasteiger partial charge on any atom is 0.490 e. The third-order valence-electron chi connectivity index (χ3n) is 8.58. The molecule has 2 heterocycles. The SMILES string of the molecule is NCC1(C(=O)Nc2cccc(N3CCN(CCc4ccccc4)CC3)c2)CCN(Cc2ccccc2)CC1.O=C(O)C(F)(F)F. The molecule has 0 unspecified atom stereocenters. The molecule has 4 N–H and O–H groups in total. The van der Waals surface area contributed by atoms with Crippen LogP contribution in [0, 0.1) is 5.41 Å². The van der Waals surface area contributed by atoms with Crippen molar-refractivity contribution < 1.29 is 27.9 Å². The fraction of sp³-hybridized carbons (Fsp3) is 0.412. The van der Waals surface area contributed by atoms with Crippen LogP contribution in [0.1, 0.15) is 24.0 Å². The summed E-state index contributed by atoms with van der Waals surface area (Å²) in [5.41, 5.74) is 10.5. The van der Waals surface area contributed by atoms with Crippen LogP contribution in [-0.4, -0.2) is 85.3 Å². The van der Waals surface area contributed by atoms with E-state index < -0.39 is 17.6 Å². The molecule has 242 valence electrons. The molecule has 11 heteroatoms. The lowest BCUT2D eigenvalue weighted by atomic mass is 9.77. The summed E-state index contributed by atoms with van der Waals surface area (Å²) >= 11 is 0. The number of nitrogens with zero attached hydrogens (tertiary/aromatic N) is 3. The Kier molecular flexibility index (Phi) is 12.0. The number of carbonyl (C=O) groups excluding carboxylic acids is 1. The van der Waals surface area contributed by atoms with Crippen LogP contribution in [0.3, 0.4) is 0 Å². The van der Waals surface area contributed by atoms with E-state index in [-0.39, 0.29) is 5.91 Å². The van der Waals surface area contributed by atoms with Crippen molar-refractivity contribution in [1.82, 2.24) is 9.80 Å². The Morgan fingerprint density at radius 2 is 1.38 bits per heavy atom. The van der Waals surface area contributed by atoms with Crippen LogP contribution in [0.15, 0.2) is 84.9 Å². The number of likely N-dealkylation sites (tertiary alicyclic amines) is 1. The summed E-state index contributed by atoms with van der Waals surface area (Å²) in [6, 6.07) is 29.6. The standard InChI is InChI=1S/C32H41N5O.C2HF3O2/c33-26-32(15-18-36(19-16-32)25-28-10-5-2-6-11-28)31(38)34-29-12-7-13-30(24-29)37-22-20-35(21-23-37)17-14-27-8-3-1-4-9-27;3-2(4,5)1(6)7/h1-13,24H,14-23,25-26,33H2,(H,34,38);(H,6,7). The van der Waals surface area contributed by atoms with E-state index in [0.29, 0.717) is 6.54 Å². The molecule has 2 aliphatic heterocycles. The Morgan fingerprint density at radius 3 is 1.93 bits per heavy atom. The first-order chi connectivity index (χ1) is 21.6. The third-order valence-corrected chi connectivity index (χ3v) is 8.58. The summed E-state index contributed by atoms with van der Waals surface area (Å²) in [5.74, 6) is -2.70. The highest BCUT2D eigenvalue weighted by molar-refractivity contribution is 5.96. The van der Waals surface area contributed by atoms with E-state index >= 15 is 0 Å². The van der Waals surface area contributed by atoms with E-state index in [9.17, 15) is 18.0 Å². The number of hydrogen-bond donors (Lipinski definition) is 3. The highest BCUT2D eigenvalue weighted by Gasteiger charge is 2.40. The number of anilines is 2. The number of piperazine rings is 1. The average Bonchev–Trinajstić information content (AvgIpc) is 3.05. The monoisotopic (exact) mass is 625 g/mol. The molecule has 1 amide bonds. The van der Waals surface area contributed by atoms with Crippen LogP contribution in [-0.2, 0) is 22.6 Å². The van der Waals surface area contributed by atoms with Crippen LogP contribution in [0.25, 0.3) is 0 Å². The number of carboxylic acids is 1. The first-order valence-electron chi connectivity index (χ1n) is 15.3. The predicted molar refractivity (Wildman–Crippen MR) is 170 cm³/mol. The number of hydrogen-bond acceptors (Lipinski definition) is 6. The average molecular weight is 626 g/mol. The normalized spacial score (nSPS) is 17.2. The highest BCUT2D eigenvalue weighted by atomic mass is 19.4. The zero-order valence-electron chi connectivity index (χ0n) is 25.4. The molecule has 0 aromatic heterocycles. The summed E-state index contributed by atoms with van der Waals surface area (Å²) in [6.07, 6.45) is -2.42. The Labute approximate surface area is 262 Å². The molecule has 0 atom stereocenters. The minimum atomic E-state index is -5.08. The summed E-state index contributed by atoms with van der Waals surface area (Å²) in [6.45, 7) is 8.26. The van der Waals surface area contributed by atoms with Gasteiger partial charge in [-0.3, -0.25) is 14.6 Å². The van der Waals surface area contributed by atoms with Crippen molar-refractivity contribution in [2.75, 3.05) is 62.6 Å². The van der Waals surface area contributed by atoms with Crippen molar-refractivity contribution in [1.29, 1.82) is 0 Å². The van der Waals surface area contributed by atoms with E-state index in [0.717, 1.165) is 77.3 Å². The minimum Gasteiger partial charge on any atom is -0.475 e. The smallest absolute Gasteiger partial charge is 0.475 e. The summed E-state index contributed by atoms with van der Waals surface area (Å²) < 4.78 is 31.7. The van der Waals surface area contributed by atoms with Gasteiger partial charge in [0.2, 0.25) is 5.91 Å². The molecule has 45 heavy (non-hydrogen) atoms. The first kappa shape index (κ1) is 34.0. The second kappa shape index (κ2) is 15.9. The van der Waals surface area contributed by atoms with Crippen LogP contribution in [0.5, 0.6) is 0 Å². The molecule has 2 aliphatic rings. The fourth-order valence-electron chi connectivity index (χ4n) is 5.71. The van der Waals surface area contributed by atoms with Crippen molar-refractivity contribution in [3.05, 3.63) is 96.1 Å². The van der Waals surface area contributed by atoms with Crippen LogP contribution in [0.4, 0.5) is 24.5 Å². The fourth-order valence-corrected chi connectivity index (χ4v) is 5.71. The molecule has 3 aromatic carbocycles. The van der Waals surface area contributed by atoms with Crippen LogP contribution < -0.4 is 16.0 Å². The molecule has 2 saturated heterocycles. The van der Waals surface area contributed by atoms with E-state index in [1.54, 1.807) is 0 Å². The molecule has 2 fully saturated rings. The third kappa shape index (κ3) is 10.0. The Balaban J connectivity index is 0.000000591. The largest absolute Gasteiger partial charge is 0.490 e. The van der Waals surface area contributed by atoms with E-state index in [4.69, 9.17) is 15.6 Å². The van der Waals surface area contributed by atoms with Crippen molar-refractivity contribution in [3.63, 3.8) is 0 Å². The van der Waals surface area contributed by atoms with Gasteiger partial charge in [0.15, 0.2) is 0 Å². The molecule has 3 aromatic rings. The number of carbonyl (C=O) groups is 2. The van der Waals surface area contributed by atoms with Gasteiger partial charge in [0.05, 0.1) is 5.41 Å². The molecule has 0 spiro atoms. The number of aliphatic carboxylic acids is 1. The second-order valence-corrected chi connectivity index (χ2v) is 11.6. The Bertz CT molecular complexity index is 1360. The molecule has 0 saturated carbocycles. The van der Waals surface area contributed by atoms with Gasteiger partial charge in [0.1, 0.15) is 0 Å². The molecule has 0 aliphatic carbocycles. The number of halogens is 3. The maximum atomic E-state index is 13.5. The van der Waals surface area contributed by atoms with Gasteiger partial charge >= 0.3 is 12.1 Å². The second-order valence-electron chi connectivity index (χ2n) is 11.6. The highest BCUT2D eigenvalue weighted by Crippen LogP contribution is 2.33. The number of carboxylic acid groups (broad SMARTS) is 1.